The van der Waals surface area contributed by atoms with Gasteiger partial charge in [0.2, 0.25) is 0 Å². The highest BCUT2D eigenvalue weighted by atomic mass is 32.1. The minimum absolute atomic E-state index is 0.132. The predicted octanol–water partition coefficient (Wildman–Crippen LogP) is 5.68. The van der Waals surface area contributed by atoms with Crippen LogP contribution in [0.15, 0.2) is 47.1 Å². The molecule has 3 nitrogen and oxygen atoms in total. The number of thiocarbonyl (C=S) groups is 1. The van der Waals surface area contributed by atoms with Crippen LogP contribution in [-0.4, -0.2) is 16.1 Å². The lowest BCUT2D eigenvalue weighted by atomic mass is 9.93. The fourth-order valence-electron chi connectivity index (χ4n) is 3.59. The first-order valence-corrected chi connectivity index (χ1v) is 9.25. The van der Waals surface area contributed by atoms with E-state index in [4.69, 9.17) is 16.6 Å². The van der Waals surface area contributed by atoms with Crippen LogP contribution in [0.2, 0.25) is 0 Å². The van der Waals surface area contributed by atoms with Gasteiger partial charge in [-0.1, -0.05) is 31.4 Å². The minimum Gasteiger partial charge on any atom is -0.467 e. The normalized spacial score (nSPS) is 16.6. The molecule has 1 unspecified atom stereocenters. The molecular weight excluding hydrogens is 316 g/mol. The van der Waals surface area contributed by atoms with Gasteiger partial charge in [0.25, 0.3) is 0 Å². The molecule has 4 heteroatoms. The van der Waals surface area contributed by atoms with Crippen molar-refractivity contribution in [2.75, 3.05) is 5.32 Å². The lowest BCUT2D eigenvalue weighted by molar-refractivity contribution is 0.186. The van der Waals surface area contributed by atoms with E-state index < -0.39 is 0 Å². The fourth-order valence-corrected chi connectivity index (χ4v) is 4.02. The van der Waals surface area contributed by atoms with Crippen molar-refractivity contribution in [1.29, 1.82) is 0 Å². The van der Waals surface area contributed by atoms with Crippen molar-refractivity contribution in [3.05, 3.63) is 54.0 Å². The molecule has 1 aliphatic carbocycles. The smallest absolute Gasteiger partial charge is 0.174 e. The summed E-state index contributed by atoms with van der Waals surface area (Å²) in [6, 6.07) is 12.9. The van der Waals surface area contributed by atoms with Crippen molar-refractivity contribution in [2.45, 2.75) is 58.0 Å². The van der Waals surface area contributed by atoms with Crippen LogP contribution in [0.4, 0.5) is 5.69 Å². The molecule has 1 N–H and O–H groups in total. The Labute approximate surface area is 150 Å². The van der Waals surface area contributed by atoms with Gasteiger partial charge >= 0.3 is 0 Å². The maximum Gasteiger partial charge on any atom is 0.174 e. The van der Waals surface area contributed by atoms with Gasteiger partial charge in [-0.05, 0) is 68.7 Å². The van der Waals surface area contributed by atoms with Crippen molar-refractivity contribution in [3.63, 3.8) is 0 Å². The molecule has 1 saturated carbocycles. The van der Waals surface area contributed by atoms with Crippen LogP contribution in [0, 0.1) is 6.92 Å². The maximum atomic E-state index is 5.80. The van der Waals surface area contributed by atoms with Gasteiger partial charge in [0.15, 0.2) is 5.11 Å². The predicted molar refractivity (Wildman–Crippen MR) is 103 cm³/mol. The third-order valence-electron chi connectivity index (χ3n) is 4.84. The SMILES string of the molecule is Cc1cccc(NC(=S)N(C2CCCCC2)C(C)c2ccco2)c1. The standard InChI is InChI=1S/C20H26N2OS/c1-15-8-6-9-17(14-15)21-20(24)22(18-10-4-3-5-11-18)16(2)19-12-7-13-23-19/h6-9,12-14,16,18H,3-5,10-11H2,1-2H3,(H,21,24). The van der Waals surface area contributed by atoms with Crippen molar-refractivity contribution in [1.82, 2.24) is 4.90 Å². The zero-order valence-electron chi connectivity index (χ0n) is 14.5. The number of nitrogens with one attached hydrogen (secondary N) is 1. The van der Waals surface area contributed by atoms with Crippen LogP contribution in [-0.2, 0) is 0 Å². The van der Waals surface area contributed by atoms with Crippen LogP contribution in [0.25, 0.3) is 0 Å². The molecule has 1 atom stereocenters. The third kappa shape index (κ3) is 3.99. The summed E-state index contributed by atoms with van der Waals surface area (Å²) in [6.45, 7) is 4.27. The zero-order valence-corrected chi connectivity index (χ0v) is 15.3. The summed E-state index contributed by atoms with van der Waals surface area (Å²) in [4.78, 5) is 2.34. The summed E-state index contributed by atoms with van der Waals surface area (Å²) < 4.78 is 5.66. The number of nitrogens with zero attached hydrogens (tertiary/aromatic N) is 1. The van der Waals surface area contributed by atoms with E-state index in [1.54, 1.807) is 6.26 Å². The zero-order chi connectivity index (χ0) is 16.9. The molecule has 1 aromatic carbocycles. The second-order valence-corrected chi connectivity index (χ2v) is 7.08. The number of rotatable bonds is 4. The monoisotopic (exact) mass is 342 g/mol. The van der Waals surface area contributed by atoms with E-state index in [-0.39, 0.29) is 6.04 Å². The Morgan fingerprint density at radius 1 is 1.21 bits per heavy atom. The Bertz CT molecular complexity index is 662. The summed E-state index contributed by atoms with van der Waals surface area (Å²) in [7, 11) is 0. The molecule has 1 fully saturated rings. The minimum atomic E-state index is 0.132. The van der Waals surface area contributed by atoms with E-state index in [2.05, 4.69) is 48.3 Å². The van der Waals surface area contributed by atoms with E-state index in [0.717, 1.165) is 16.6 Å². The van der Waals surface area contributed by atoms with Crippen LogP contribution < -0.4 is 5.32 Å². The Morgan fingerprint density at radius 2 is 2.00 bits per heavy atom. The topological polar surface area (TPSA) is 28.4 Å². The highest BCUT2D eigenvalue weighted by molar-refractivity contribution is 7.80. The number of hydrogen-bond donors (Lipinski definition) is 1. The third-order valence-corrected chi connectivity index (χ3v) is 5.16. The van der Waals surface area contributed by atoms with Gasteiger partial charge in [0.1, 0.15) is 5.76 Å². The van der Waals surface area contributed by atoms with Gasteiger partial charge in [-0.2, -0.15) is 0 Å². The molecule has 0 amide bonds. The van der Waals surface area contributed by atoms with Crippen LogP contribution >= 0.6 is 12.2 Å². The Hall–Kier alpha value is -1.81. The molecule has 1 aromatic heterocycles. The van der Waals surface area contributed by atoms with Gasteiger partial charge in [-0.3, -0.25) is 0 Å². The van der Waals surface area contributed by atoms with E-state index in [9.17, 15) is 0 Å². The highest BCUT2D eigenvalue weighted by Gasteiger charge is 2.29. The van der Waals surface area contributed by atoms with Gasteiger partial charge in [-0.15, -0.1) is 0 Å². The second kappa shape index (κ2) is 7.84. The van der Waals surface area contributed by atoms with E-state index >= 15 is 0 Å². The number of benzene rings is 1. The Kier molecular flexibility index (Phi) is 5.56. The van der Waals surface area contributed by atoms with Crippen molar-refractivity contribution in [2.24, 2.45) is 0 Å². The Morgan fingerprint density at radius 3 is 2.67 bits per heavy atom. The van der Waals surface area contributed by atoms with Crippen molar-refractivity contribution >= 4 is 23.0 Å². The van der Waals surface area contributed by atoms with Crippen LogP contribution in [0.1, 0.15) is 56.4 Å². The first-order valence-electron chi connectivity index (χ1n) is 8.84. The summed E-state index contributed by atoms with van der Waals surface area (Å²) in [5, 5.41) is 4.23. The van der Waals surface area contributed by atoms with Crippen molar-refractivity contribution in [3.8, 4) is 0 Å². The molecule has 0 saturated heterocycles. The van der Waals surface area contributed by atoms with Gasteiger partial charge in [0, 0.05) is 11.7 Å². The quantitative estimate of drug-likeness (QED) is 0.724. The average molecular weight is 343 g/mol. The molecule has 0 radical (unpaired) electrons. The van der Waals surface area contributed by atoms with Gasteiger partial charge in [-0.25, -0.2) is 0 Å². The number of aryl methyl sites for hydroxylation is 1. The van der Waals surface area contributed by atoms with E-state index in [1.807, 2.05) is 12.1 Å². The molecule has 1 aliphatic rings. The summed E-state index contributed by atoms with van der Waals surface area (Å²) >= 11 is 5.80. The fraction of sp³-hybridized carbons (Fsp3) is 0.450. The van der Waals surface area contributed by atoms with E-state index in [0.29, 0.717) is 6.04 Å². The molecule has 0 spiro atoms. The highest BCUT2D eigenvalue weighted by Crippen LogP contribution is 2.31. The first-order chi connectivity index (χ1) is 11.6. The lowest BCUT2D eigenvalue weighted by Crippen LogP contribution is -2.45. The second-order valence-electron chi connectivity index (χ2n) is 6.69. The van der Waals surface area contributed by atoms with Crippen LogP contribution in [0.5, 0.6) is 0 Å². The summed E-state index contributed by atoms with van der Waals surface area (Å²) in [5.74, 6) is 0.967. The van der Waals surface area contributed by atoms with Crippen molar-refractivity contribution < 1.29 is 4.42 Å². The van der Waals surface area contributed by atoms with E-state index in [1.165, 1.54) is 37.7 Å². The molecule has 128 valence electrons. The van der Waals surface area contributed by atoms with Gasteiger partial charge in [0.05, 0.1) is 12.3 Å². The average Bonchev–Trinajstić information content (AvgIpc) is 3.10. The largest absolute Gasteiger partial charge is 0.467 e. The molecule has 1 heterocycles. The summed E-state index contributed by atoms with van der Waals surface area (Å²) in [6.07, 6.45) is 8.01. The Balaban J connectivity index is 1.81. The molecular formula is C20H26N2OS. The molecule has 0 bridgehead atoms. The van der Waals surface area contributed by atoms with Crippen LogP contribution in [0.3, 0.4) is 0 Å². The molecule has 24 heavy (non-hydrogen) atoms. The number of hydrogen-bond acceptors (Lipinski definition) is 2. The summed E-state index contributed by atoms with van der Waals surface area (Å²) in [5.41, 5.74) is 2.28. The molecule has 3 rings (SSSR count). The maximum absolute atomic E-state index is 5.80. The molecule has 0 aliphatic heterocycles. The number of anilines is 1. The first kappa shape index (κ1) is 17.0. The molecule has 2 aromatic rings. The number of furan rings is 1. The van der Waals surface area contributed by atoms with Gasteiger partial charge < -0.3 is 14.6 Å². The lowest BCUT2D eigenvalue weighted by Gasteiger charge is -2.39.